The fourth-order valence-electron chi connectivity index (χ4n) is 5.33. The number of likely N-dealkylation sites (tertiary alicyclic amines) is 1. The molecule has 2 aliphatic carbocycles. The Morgan fingerprint density at radius 1 is 1.19 bits per heavy atom. The Morgan fingerprint density at radius 2 is 1.96 bits per heavy atom. The highest BCUT2D eigenvalue weighted by molar-refractivity contribution is 5.96. The highest BCUT2D eigenvalue weighted by Gasteiger charge is 2.59. The number of rotatable bonds is 3. The second kappa shape index (κ2) is 5.91. The number of benzene rings is 1. The second-order valence-corrected chi connectivity index (χ2v) is 7.52. The fraction of sp³-hybridized carbons (Fsp3) is 0.550. The molecular weight excluding hydrogens is 334 g/mol. The van der Waals surface area contributed by atoms with Crippen LogP contribution in [-0.2, 0) is 26.1 Å². The first kappa shape index (κ1) is 17.2. The number of phenols is 1. The molecule has 26 heavy (non-hydrogen) atoms. The molecule has 0 amide bonds. The largest absolute Gasteiger partial charge is 0.504 e. The molecule has 1 aliphatic heterocycles. The van der Waals surface area contributed by atoms with E-state index in [2.05, 4.69) is 11.9 Å². The van der Waals surface area contributed by atoms with Crippen molar-refractivity contribution in [1.82, 2.24) is 4.90 Å². The number of fused-ring (bicyclic) bond motifs is 1. The van der Waals surface area contributed by atoms with E-state index >= 15 is 0 Å². The van der Waals surface area contributed by atoms with Gasteiger partial charge in [0.05, 0.1) is 21.3 Å². The SMILES string of the molecule is COC1=C(OC)C2C3Cc4cc(O)c(OC)cc4C2(CCN3C)CC1=O. The minimum absolute atomic E-state index is 0.0243. The monoisotopic (exact) mass is 359 g/mol. The normalized spacial score (nSPS) is 30.5. The molecule has 140 valence electrons. The second-order valence-electron chi connectivity index (χ2n) is 7.52. The third kappa shape index (κ3) is 2.11. The third-order valence-electron chi connectivity index (χ3n) is 6.49. The van der Waals surface area contributed by atoms with E-state index in [-0.39, 0.29) is 28.9 Å². The maximum absolute atomic E-state index is 12.9. The van der Waals surface area contributed by atoms with Crippen molar-refractivity contribution in [1.29, 1.82) is 0 Å². The molecule has 2 bridgehead atoms. The molecule has 3 unspecified atom stereocenters. The highest BCUT2D eigenvalue weighted by Crippen LogP contribution is 2.57. The van der Waals surface area contributed by atoms with Crippen molar-refractivity contribution in [3.8, 4) is 11.5 Å². The van der Waals surface area contributed by atoms with Crippen LogP contribution in [0, 0.1) is 5.92 Å². The molecule has 6 nitrogen and oxygen atoms in total. The number of aromatic hydroxyl groups is 1. The van der Waals surface area contributed by atoms with Crippen LogP contribution in [-0.4, -0.2) is 56.8 Å². The summed E-state index contributed by atoms with van der Waals surface area (Å²) in [5.74, 6) is 1.61. The van der Waals surface area contributed by atoms with Crippen molar-refractivity contribution in [3.63, 3.8) is 0 Å². The number of hydrogen-bond donors (Lipinski definition) is 1. The number of ether oxygens (including phenoxy) is 3. The topological polar surface area (TPSA) is 68.2 Å². The average Bonchev–Trinajstić information content (AvgIpc) is 2.63. The predicted molar refractivity (Wildman–Crippen MR) is 95.2 cm³/mol. The summed E-state index contributed by atoms with van der Waals surface area (Å²) < 4.78 is 16.5. The number of piperidine rings is 1. The predicted octanol–water partition coefficient (Wildman–Crippen LogP) is 1.99. The van der Waals surface area contributed by atoms with Crippen LogP contribution in [0.25, 0.3) is 0 Å². The Morgan fingerprint density at radius 3 is 2.62 bits per heavy atom. The number of likely N-dealkylation sites (N-methyl/N-ethyl adjacent to an activating group) is 1. The van der Waals surface area contributed by atoms with Crippen molar-refractivity contribution in [2.24, 2.45) is 5.92 Å². The van der Waals surface area contributed by atoms with Gasteiger partial charge in [-0.25, -0.2) is 0 Å². The van der Waals surface area contributed by atoms with Gasteiger partial charge in [-0.2, -0.15) is 0 Å². The van der Waals surface area contributed by atoms with Gasteiger partial charge in [0, 0.05) is 23.8 Å². The molecule has 3 atom stereocenters. The van der Waals surface area contributed by atoms with E-state index in [1.165, 1.54) is 7.11 Å². The smallest absolute Gasteiger partial charge is 0.201 e. The number of allylic oxidation sites excluding steroid dienone is 1. The molecule has 1 fully saturated rings. The summed E-state index contributed by atoms with van der Waals surface area (Å²) in [6.45, 7) is 0.913. The number of ketones is 1. The zero-order chi connectivity index (χ0) is 18.6. The van der Waals surface area contributed by atoms with Crippen molar-refractivity contribution >= 4 is 5.78 Å². The van der Waals surface area contributed by atoms with Gasteiger partial charge >= 0.3 is 0 Å². The van der Waals surface area contributed by atoms with Crippen LogP contribution in [0.3, 0.4) is 0 Å². The first-order valence-corrected chi connectivity index (χ1v) is 8.92. The fourth-order valence-corrected chi connectivity index (χ4v) is 5.33. The molecule has 0 aromatic heterocycles. The van der Waals surface area contributed by atoms with E-state index in [4.69, 9.17) is 14.2 Å². The van der Waals surface area contributed by atoms with E-state index in [0.717, 1.165) is 30.5 Å². The number of phenolic OH excluding ortho intramolecular Hbond substituents is 1. The first-order valence-electron chi connectivity index (χ1n) is 8.92. The van der Waals surface area contributed by atoms with Crippen molar-refractivity contribution < 1.29 is 24.1 Å². The van der Waals surface area contributed by atoms with E-state index in [1.54, 1.807) is 20.3 Å². The lowest BCUT2D eigenvalue weighted by Gasteiger charge is -2.57. The van der Waals surface area contributed by atoms with Crippen LogP contribution in [0.15, 0.2) is 23.7 Å². The summed E-state index contributed by atoms with van der Waals surface area (Å²) in [5, 5.41) is 10.3. The summed E-state index contributed by atoms with van der Waals surface area (Å²) in [6, 6.07) is 3.90. The Balaban J connectivity index is 1.99. The van der Waals surface area contributed by atoms with Crippen LogP contribution in [0.2, 0.25) is 0 Å². The third-order valence-corrected chi connectivity index (χ3v) is 6.49. The van der Waals surface area contributed by atoms with Crippen molar-refractivity contribution in [2.75, 3.05) is 34.9 Å². The number of hydrogen-bond acceptors (Lipinski definition) is 6. The molecule has 0 spiro atoms. The number of Topliss-reactive ketones (excluding diaryl/α,β-unsaturated/α-hetero) is 1. The van der Waals surface area contributed by atoms with E-state index < -0.39 is 0 Å². The van der Waals surface area contributed by atoms with Gasteiger partial charge in [0.25, 0.3) is 0 Å². The Hall–Kier alpha value is -2.21. The van der Waals surface area contributed by atoms with Gasteiger partial charge in [0.15, 0.2) is 17.3 Å². The maximum atomic E-state index is 12.9. The number of carbonyl (C=O) groups is 1. The molecule has 6 heteroatoms. The van der Waals surface area contributed by atoms with Gasteiger partial charge in [-0.3, -0.25) is 4.79 Å². The van der Waals surface area contributed by atoms with Gasteiger partial charge in [-0.05, 0) is 49.7 Å². The van der Waals surface area contributed by atoms with Crippen molar-refractivity contribution in [3.05, 3.63) is 34.8 Å². The van der Waals surface area contributed by atoms with Gasteiger partial charge in [0.1, 0.15) is 5.76 Å². The lowest BCUT2D eigenvalue weighted by atomic mass is 9.53. The molecule has 1 aromatic carbocycles. The average molecular weight is 359 g/mol. The first-order chi connectivity index (χ1) is 12.5. The van der Waals surface area contributed by atoms with Gasteiger partial charge in [-0.1, -0.05) is 0 Å². The quantitative estimate of drug-likeness (QED) is 0.890. The van der Waals surface area contributed by atoms with Gasteiger partial charge < -0.3 is 24.2 Å². The number of carbonyl (C=O) groups excluding carboxylic acids is 1. The van der Waals surface area contributed by atoms with E-state index in [0.29, 0.717) is 23.7 Å². The molecule has 1 N–H and O–H groups in total. The minimum Gasteiger partial charge on any atom is -0.504 e. The molecule has 4 rings (SSSR count). The highest BCUT2D eigenvalue weighted by atomic mass is 16.5. The lowest BCUT2D eigenvalue weighted by Crippen LogP contribution is -2.61. The van der Waals surface area contributed by atoms with Crippen molar-refractivity contribution in [2.45, 2.75) is 30.7 Å². The number of methoxy groups -OCH3 is 3. The molecule has 1 heterocycles. The number of nitrogens with zero attached hydrogens (tertiary/aromatic N) is 1. The van der Waals surface area contributed by atoms with E-state index in [1.807, 2.05) is 6.07 Å². The summed E-state index contributed by atoms with van der Waals surface area (Å²) >= 11 is 0. The Kier molecular flexibility index (Phi) is 3.91. The van der Waals surface area contributed by atoms with Gasteiger partial charge in [-0.15, -0.1) is 0 Å². The molecule has 1 saturated heterocycles. The Labute approximate surface area is 153 Å². The van der Waals surface area contributed by atoms with Crippen LogP contribution >= 0.6 is 0 Å². The van der Waals surface area contributed by atoms with E-state index in [9.17, 15) is 9.90 Å². The van der Waals surface area contributed by atoms with Crippen LogP contribution in [0.4, 0.5) is 0 Å². The Bertz CT molecular complexity index is 802. The summed E-state index contributed by atoms with van der Waals surface area (Å²) in [6.07, 6.45) is 2.02. The summed E-state index contributed by atoms with van der Waals surface area (Å²) in [7, 11) is 6.80. The van der Waals surface area contributed by atoms with Crippen LogP contribution in [0.1, 0.15) is 24.0 Å². The zero-order valence-electron chi connectivity index (χ0n) is 15.7. The minimum atomic E-state index is -0.351. The lowest BCUT2D eigenvalue weighted by molar-refractivity contribution is -0.125. The summed E-state index contributed by atoms with van der Waals surface area (Å²) in [4.78, 5) is 15.2. The molecular formula is C20H25NO5. The molecule has 1 aromatic rings. The van der Waals surface area contributed by atoms with Gasteiger partial charge in [0.2, 0.25) is 5.78 Å². The summed E-state index contributed by atoms with van der Waals surface area (Å²) in [5.41, 5.74) is 1.83. The standard InChI is InChI=1S/C20H25NO5/c1-21-6-5-20-10-15(23)18(25-3)19(26-4)17(20)13(21)7-11-8-14(22)16(24-2)9-12(11)20/h8-9,13,17,22H,5-7,10H2,1-4H3. The zero-order valence-corrected chi connectivity index (χ0v) is 15.7. The van der Waals surface area contributed by atoms with Crippen LogP contribution < -0.4 is 4.74 Å². The molecule has 3 aliphatic rings. The molecule has 0 radical (unpaired) electrons. The molecule has 0 saturated carbocycles. The maximum Gasteiger partial charge on any atom is 0.201 e. The van der Waals surface area contributed by atoms with Crippen LogP contribution in [0.5, 0.6) is 11.5 Å².